The van der Waals surface area contributed by atoms with Crippen molar-refractivity contribution < 1.29 is 78.1 Å². The Morgan fingerprint density at radius 2 is 1.19 bits per heavy atom. The van der Waals surface area contributed by atoms with Gasteiger partial charge >= 0.3 is 27.0 Å². The minimum Gasteiger partial charge on any atom is -0.398 e. The molecule has 0 aromatic carbocycles. The van der Waals surface area contributed by atoms with Gasteiger partial charge in [-0.25, -0.2) is 42.4 Å². The zero-order valence-electron chi connectivity index (χ0n) is 44.6. The number of aromatic amines is 2. The van der Waals surface area contributed by atoms with E-state index >= 15 is 13.2 Å². The second kappa shape index (κ2) is 24.2. The van der Waals surface area contributed by atoms with Gasteiger partial charge in [0.1, 0.15) is 58.6 Å². The van der Waals surface area contributed by atoms with Crippen LogP contribution in [0.3, 0.4) is 0 Å². The number of halogens is 3. The van der Waals surface area contributed by atoms with Crippen LogP contribution in [-0.2, 0) is 85.6 Å². The maximum atomic E-state index is 16.1. The predicted molar refractivity (Wildman–Crippen MR) is 326 cm³/mol. The van der Waals surface area contributed by atoms with Crippen molar-refractivity contribution in [1.29, 1.82) is 0 Å². The average Bonchev–Trinajstić information content (AvgIpc) is 1.68. The molecule has 13 N–H and O–H groups in total. The van der Waals surface area contributed by atoms with Crippen molar-refractivity contribution in [3.8, 4) is 0 Å². The van der Waals surface area contributed by atoms with Crippen LogP contribution >= 0.6 is 62.7 Å². The molecular weight excluding hydrogens is 1390 g/mol. The van der Waals surface area contributed by atoms with Gasteiger partial charge in [0.15, 0.2) is 52.8 Å². The minimum atomic E-state index is -4.30. The molecule has 478 valence electrons. The Balaban J connectivity index is 0.000000164. The molecule has 4 bridgehead atoms. The normalized spacial score (nSPS) is 37.1. The van der Waals surface area contributed by atoms with Crippen LogP contribution in [0, 0.1) is 0 Å². The zero-order valence-corrected chi connectivity index (χ0v) is 53.1. The highest BCUT2D eigenvalue weighted by Gasteiger charge is 2.55. The van der Waals surface area contributed by atoms with E-state index in [-0.39, 0.29) is 58.1 Å². The summed E-state index contributed by atoms with van der Waals surface area (Å²) in [6.07, 6.45) is -9.09. The number of hydrogen-bond acceptors (Lipinski definition) is 30. The summed E-state index contributed by atoms with van der Waals surface area (Å²) in [4.78, 5) is 87.4. The SMILES string of the molecule is Nc1nc2c(ncn2[C@@H]2S[C@@H]3COP(O)(=S)O[C@H]4[C@H](F)[C@H](n5ccc6c(N)ccnc65)O[C@@H]4COP(=O)(S)O[C@@H]2C3)c(=O)[nH]1.Nc1nc2c(nnn2[C@@H]2S[C@@H]3COP(O)(=S)O[C@H]4[C@H](F)[C@H](n5cnc6c(N)ccnc65)O[C@@H]4COP(O)(=S)O[C@@H]2[C@@H]3F)c(=O)[nH]1. The summed E-state index contributed by atoms with van der Waals surface area (Å²) in [5.74, 6) is -0.363. The Labute approximate surface area is 524 Å². The molecule has 34 nitrogen and oxygen atoms in total. The summed E-state index contributed by atoms with van der Waals surface area (Å²) < 4.78 is 124. The van der Waals surface area contributed by atoms with E-state index in [1.54, 1.807) is 22.9 Å². The van der Waals surface area contributed by atoms with Crippen molar-refractivity contribution in [2.45, 2.75) is 95.3 Å². The monoisotopic (exact) mass is 1430 g/mol. The molecule has 6 aliphatic rings. The van der Waals surface area contributed by atoms with Crippen LogP contribution < -0.4 is 34.1 Å². The number of anilines is 4. The lowest BCUT2D eigenvalue weighted by molar-refractivity contribution is -0.0441. The number of nitrogen functional groups attached to an aromatic ring is 4. The number of H-pyrrole nitrogens is 2. The lowest BCUT2D eigenvalue weighted by atomic mass is 10.1. The van der Waals surface area contributed by atoms with Crippen LogP contribution in [0.1, 0.15) is 29.6 Å². The van der Waals surface area contributed by atoms with Crippen molar-refractivity contribution in [2.75, 3.05) is 49.4 Å². The van der Waals surface area contributed by atoms with E-state index in [1.165, 1.54) is 52.0 Å². The molecule has 0 aliphatic carbocycles. The van der Waals surface area contributed by atoms with Crippen LogP contribution in [0.5, 0.6) is 0 Å². The Kier molecular flexibility index (Phi) is 17.2. The smallest absolute Gasteiger partial charge is 0.386 e. The van der Waals surface area contributed by atoms with Crippen molar-refractivity contribution in [3.05, 3.63) is 70.2 Å². The molecule has 4 unspecified atom stereocenters. The van der Waals surface area contributed by atoms with Gasteiger partial charge < -0.3 is 65.2 Å². The molecule has 6 fully saturated rings. The summed E-state index contributed by atoms with van der Waals surface area (Å²) in [6.45, 7) is -18.5. The van der Waals surface area contributed by atoms with Gasteiger partial charge in [0.2, 0.25) is 11.9 Å². The fourth-order valence-electron chi connectivity index (χ4n) is 10.7. The van der Waals surface area contributed by atoms with Gasteiger partial charge in [0.25, 0.3) is 11.1 Å². The van der Waals surface area contributed by atoms with Gasteiger partial charge in [-0.2, -0.15) is 9.97 Å². The number of thioether (sulfide) groups is 2. The Morgan fingerprint density at radius 3 is 1.89 bits per heavy atom. The number of rotatable bonds is 4. The van der Waals surface area contributed by atoms with E-state index in [0.717, 1.165) is 16.4 Å². The first kappa shape index (κ1) is 63.4. The van der Waals surface area contributed by atoms with E-state index in [4.69, 9.17) is 104 Å². The van der Waals surface area contributed by atoms with E-state index in [9.17, 15) is 28.8 Å². The molecule has 14 heterocycles. The van der Waals surface area contributed by atoms with Crippen molar-refractivity contribution in [2.24, 2.45) is 0 Å². The lowest BCUT2D eigenvalue weighted by Gasteiger charge is -2.27. The fraction of sp³-hybridized carbons (Fsp3) is 0.476. The number of nitrogens with two attached hydrogens (primary N) is 4. The first-order valence-electron chi connectivity index (χ1n) is 26.0. The molecule has 89 heavy (non-hydrogen) atoms. The molecule has 0 saturated carbocycles. The maximum absolute atomic E-state index is 16.1. The molecule has 6 saturated heterocycles. The van der Waals surface area contributed by atoms with Crippen molar-refractivity contribution in [1.82, 2.24) is 68.6 Å². The van der Waals surface area contributed by atoms with Crippen LogP contribution in [0.4, 0.5) is 36.4 Å². The van der Waals surface area contributed by atoms with Gasteiger partial charge in [-0.05, 0) is 60.0 Å². The quantitative estimate of drug-likeness (QED) is 0.0893. The first-order chi connectivity index (χ1) is 42.2. The summed E-state index contributed by atoms with van der Waals surface area (Å²) in [5.41, 5.74) is 23.8. The largest absolute Gasteiger partial charge is 0.398 e. The van der Waals surface area contributed by atoms with Gasteiger partial charge in [-0.15, -0.1) is 28.6 Å². The second-order valence-electron chi connectivity index (χ2n) is 20.3. The van der Waals surface area contributed by atoms with Gasteiger partial charge in [0, 0.05) is 34.9 Å². The average molecular weight is 1430 g/mol. The lowest BCUT2D eigenvalue weighted by Crippen LogP contribution is -2.34. The number of aromatic nitrogens is 14. The van der Waals surface area contributed by atoms with E-state index in [0.29, 0.717) is 27.9 Å². The summed E-state index contributed by atoms with van der Waals surface area (Å²) in [7, 11) is 0. The highest BCUT2D eigenvalue weighted by atomic mass is 32.7. The number of thiol groups is 1. The summed E-state index contributed by atoms with van der Waals surface area (Å²) in [5, 5.41) is 5.04. The van der Waals surface area contributed by atoms with Gasteiger partial charge in [0.05, 0.1) is 56.1 Å². The summed E-state index contributed by atoms with van der Waals surface area (Å²) >= 11 is 22.0. The van der Waals surface area contributed by atoms with Crippen molar-refractivity contribution in [3.63, 3.8) is 0 Å². The molecule has 6 aliphatic heterocycles. The number of hydrogen-bond donors (Lipinski definition) is 10. The van der Waals surface area contributed by atoms with Gasteiger partial charge in [-0.1, -0.05) is 17.5 Å². The van der Waals surface area contributed by atoms with Crippen LogP contribution in [0.2, 0.25) is 0 Å². The standard InChI is InChI=1S/C22H25FN8O8P2S3.C20H22F2N10O8P2S3/c23-14-16-13(37-20(14)30-4-2-10-11(24)1-3-26-17(10)30)7-36-40(33,42)38-12-5-9(6-35-41(34,43)39-16)44-21(12)31-8-27-15-18(31)28-22(25)29-19(15)32;21-9-8-4-37-42(35,44)39-13-7(38-18(10(13)22)31-5-26-11-6(23)1-2-25-15(11)31)3-36-41(34,43)40-14(9)19(45-8)32-16-12(29-30-32)17(33)28-20(24)27-16/h1-4,8-9,12-14,16,20-21H,5-7H2,(H2,24,26)(H,33,42)(H,34,43)(H3,25,28,29,32);1-2,5,7-10,13-14,18-19H,3-4H2,(H2,23,25)(H,34,43)(H,35,44)(H3,24,27,28,33)/t9-,12+,13+,14-,16+,20+,21+,40?,41?;7-,8-,9-,10+,13-,14-,18-,19-,41?,42?/m01/s1. The molecule has 8 aromatic heterocycles. The summed E-state index contributed by atoms with van der Waals surface area (Å²) in [6, 6.07) is 4.81. The number of ether oxygens (including phenoxy) is 2. The molecule has 0 spiro atoms. The molecule has 47 heteroatoms. The Bertz CT molecular complexity index is 4410. The fourth-order valence-corrected chi connectivity index (χ4v) is 19.8. The highest BCUT2D eigenvalue weighted by Crippen LogP contribution is 2.61. The molecular formula is C42H47F3N18O16P4S6. The van der Waals surface area contributed by atoms with Crippen molar-refractivity contribution >= 4 is 166 Å². The molecule has 19 atom stereocenters. The van der Waals surface area contributed by atoms with E-state index in [1.807, 2.05) is 0 Å². The molecule has 0 amide bonds. The van der Waals surface area contributed by atoms with E-state index < -0.39 is 141 Å². The topological polar surface area (TPSA) is 463 Å². The maximum Gasteiger partial charge on any atom is 0.386 e. The molecule has 8 aromatic rings. The third kappa shape index (κ3) is 12.4. The number of pyridine rings is 2. The highest BCUT2D eigenvalue weighted by molar-refractivity contribution is 8.44. The van der Waals surface area contributed by atoms with Crippen LogP contribution in [0.15, 0.2) is 59.0 Å². The number of nitrogens with one attached hydrogen (secondary N) is 2. The van der Waals surface area contributed by atoms with Crippen LogP contribution in [-0.4, -0.2) is 175 Å². The Morgan fingerprint density at radius 1 is 0.618 bits per heavy atom. The minimum absolute atomic E-state index is 0.0466. The third-order valence-corrected chi connectivity index (χ3v) is 24.0. The predicted octanol–water partition coefficient (Wildman–Crippen LogP) is 3.21. The molecule has 0 radical (unpaired) electrons. The number of nitrogens with zero attached hydrogens (tertiary/aromatic N) is 12. The first-order valence-corrected chi connectivity index (χ1v) is 38.3. The zero-order chi connectivity index (χ0) is 62.8. The van der Waals surface area contributed by atoms with E-state index in [2.05, 4.69) is 62.4 Å². The van der Waals surface area contributed by atoms with Gasteiger partial charge in [-0.3, -0.25) is 51.3 Å². The molecule has 14 rings (SSSR count). The number of imidazole rings is 2. The second-order valence-corrected chi connectivity index (χ2v) is 34.4. The van der Waals surface area contributed by atoms with Crippen LogP contribution in [0.25, 0.3) is 44.5 Å². The Hall–Kier alpha value is -4.36. The number of fused-ring (bicyclic) bond motifs is 10. The number of alkyl halides is 3. The third-order valence-electron chi connectivity index (χ3n) is 14.6.